The second-order valence-electron chi connectivity index (χ2n) is 7.43. The van der Waals surface area contributed by atoms with Gasteiger partial charge in [0.15, 0.2) is 0 Å². The summed E-state index contributed by atoms with van der Waals surface area (Å²) >= 11 is 3.36. The van der Waals surface area contributed by atoms with Gasteiger partial charge < -0.3 is 10.1 Å². The molecule has 3 atom stereocenters. The molecule has 31 heavy (non-hydrogen) atoms. The maximum absolute atomic E-state index is 14.2. The maximum atomic E-state index is 14.2. The Hall–Kier alpha value is -2.42. The van der Waals surface area contributed by atoms with Crippen molar-refractivity contribution < 1.29 is 31.9 Å². The van der Waals surface area contributed by atoms with Crippen LogP contribution in [0.2, 0.25) is 0 Å². The van der Waals surface area contributed by atoms with Gasteiger partial charge >= 0.3 is 12.1 Å². The molecule has 0 radical (unpaired) electrons. The van der Waals surface area contributed by atoms with E-state index in [1.165, 1.54) is 7.11 Å². The van der Waals surface area contributed by atoms with Crippen molar-refractivity contribution in [3.63, 3.8) is 0 Å². The number of benzene rings is 2. The number of alkyl halides is 3. The number of rotatable bonds is 4. The van der Waals surface area contributed by atoms with Crippen LogP contribution in [-0.2, 0) is 20.5 Å². The lowest BCUT2D eigenvalue weighted by atomic mass is 9.69. The van der Waals surface area contributed by atoms with Gasteiger partial charge in [-0.05, 0) is 54.7 Å². The Morgan fingerprint density at radius 2 is 1.77 bits per heavy atom. The summed E-state index contributed by atoms with van der Waals surface area (Å²) in [4.78, 5) is 25.5. The molecule has 0 unspecified atom stereocenters. The molecular weight excluding hydrogens is 482 g/mol. The zero-order chi connectivity index (χ0) is 22.8. The first-order chi connectivity index (χ1) is 14.6. The van der Waals surface area contributed by atoms with Crippen LogP contribution in [0.1, 0.15) is 36.3 Å². The van der Waals surface area contributed by atoms with E-state index in [4.69, 9.17) is 4.74 Å². The van der Waals surface area contributed by atoms with Gasteiger partial charge in [-0.15, -0.1) is 0 Å². The van der Waals surface area contributed by atoms with Crippen molar-refractivity contribution in [2.45, 2.75) is 31.4 Å². The molecule has 9 heteroatoms. The summed E-state index contributed by atoms with van der Waals surface area (Å²) in [6, 6.07) is 9.30. The summed E-state index contributed by atoms with van der Waals surface area (Å²) < 4.78 is 58.3. The Morgan fingerprint density at radius 1 is 1.10 bits per heavy atom. The zero-order valence-corrected chi connectivity index (χ0v) is 18.1. The van der Waals surface area contributed by atoms with E-state index in [1.807, 2.05) is 24.3 Å². The highest BCUT2D eigenvalue weighted by molar-refractivity contribution is 9.10. The number of hydrogen-bond donors (Lipinski definition) is 1. The summed E-state index contributed by atoms with van der Waals surface area (Å²) in [7, 11) is 1.24. The second-order valence-corrected chi connectivity index (χ2v) is 8.34. The quantitative estimate of drug-likeness (QED) is 0.418. The summed E-state index contributed by atoms with van der Waals surface area (Å²) in [5.74, 6) is -4.26. The first-order valence-corrected chi connectivity index (χ1v) is 10.4. The summed E-state index contributed by atoms with van der Waals surface area (Å²) in [5.41, 5.74) is -0.646. The van der Waals surface area contributed by atoms with Crippen molar-refractivity contribution in [2.24, 2.45) is 11.8 Å². The van der Waals surface area contributed by atoms with E-state index in [9.17, 15) is 27.2 Å². The lowest BCUT2D eigenvalue weighted by molar-refractivity contribution is -0.152. The average molecular weight is 502 g/mol. The Morgan fingerprint density at radius 3 is 2.35 bits per heavy atom. The third kappa shape index (κ3) is 5.26. The van der Waals surface area contributed by atoms with E-state index < -0.39 is 41.3 Å². The number of halogens is 5. The number of hydrogen-bond acceptors (Lipinski definition) is 3. The van der Waals surface area contributed by atoms with E-state index in [0.29, 0.717) is 31.4 Å². The molecular formula is C22H20BrF4NO3. The van der Waals surface area contributed by atoms with Gasteiger partial charge in [0, 0.05) is 4.47 Å². The predicted molar refractivity (Wildman–Crippen MR) is 110 cm³/mol. The third-order valence-corrected chi connectivity index (χ3v) is 6.09. The Balaban J connectivity index is 1.86. The summed E-state index contributed by atoms with van der Waals surface area (Å²) in [6.07, 6.45) is -3.00. The molecule has 0 aliphatic heterocycles. The molecule has 0 spiro atoms. The number of amides is 1. The smallest absolute Gasteiger partial charge is 0.416 e. The number of carbonyl (C=O) groups excluding carboxylic acids is 2. The van der Waals surface area contributed by atoms with E-state index in [-0.39, 0.29) is 11.6 Å². The molecule has 3 rings (SSSR count). The second kappa shape index (κ2) is 9.38. The van der Waals surface area contributed by atoms with E-state index in [0.717, 1.165) is 16.1 Å². The molecule has 166 valence electrons. The van der Waals surface area contributed by atoms with Crippen LogP contribution in [0.5, 0.6) is 0 Å². The fourth-order valence-electron chi connectivity index (χ4n) is 4.06. The van der Waals surface area contributed by atoms with Crippen molar-refractivity contribution in [3.8, 4) is 0 Å². The SMILES string of the molecule is COC(=O)[C@@H]1[C@@H](c2ccc(Br)cc2)CCC[C@H]1C(=O)Nc1ccc(C(F)(F)F)cc1F. The topological polar surface area (TPSA) is 55.4 Å². The van der Waals surface area contributed by atoms with Crippen LogP contribution in [-0.4, -0.2) is 19.0 Å². The first-order valence-electron chi connectivity index (χ1n) is 9.62. The number of nitrogens with one attached hydrogen (secondary N) is 1. The Bertz CT molecular complexity index is 962. The molecule has 1 fully saturated rings. The lowest BCUT2D eigenvalue weighted by Crippen LogP contribution is -2.40. The highest BCUT2D eigenvalue weighted by atomic mass is 79.9. The third-order valence-electron chi connectivity index (χ3n) is 5.56. The van der Waals surface area contributed by atoms with E-state index in [1.54, 1.807) is 0 Å². The number of methoxy groups -OCH3 is 1. The minimum Gasteiger partial charge on any atom is -0.469 e. The molecule has 1 saturated carbocycles. The van der Waals surface area contributed by atoms with Crippen LogP contribution in [0.15, 0.2) is 46.9 Å². The number of anilines is 1. The van der Waals surface area contributed by atoms with Crippen molar-refractivity contribution >= 4 is 33.5 Å². The molecule has 1 aliphatic rings. The van der Waals surface area contributed by atoms with Gasteiger partial charge in [-0.2, -0.15) is 13.2 Å². The first kappa shape index (κ1) is 23.2. The molecule has 0 heterocycles. The van der Waals surface area contributed by atoms with Crippen molar-refractivity contribution in [3.05, 3.63) is 63.9 Å². The molecule has 0 saturated heterocycles. The monoisotopic (exact) mass is 501 g/mol. The minimum atomic E-state index is -4.69. The van der Waals surface area contributed by atoms with Gasteiger partial charge in [0.2, 0.25) is 5.91 Å². The number of ether oxygens (including phenoxy) is 1. The average Bonchev–Trinajstić information content (AvgIpc) is 2.73. The maximum Gasteiger partial charge on any atom is 0.416 e. The van der Waals surface area contributed by atoms with Crippen LogP contribution in [0.3, 0.4) is 0 Å². The van der Waals surface area contributed by atoms with Crippen LogP contribution in [0, 0.1) is 17.7 Å². The highest BCUT2D eigenvalue weighted by Gasteiger charge is 2.43. The molecule has 1 aliphatic carbocycles. The molecule has 0 bridgehead atoms. The lowest BCUT2D eigenvalue weighted by Gasteiger charge is -2.36. The van der Waals surface area contributed by atoms with Gasteiger partial charge in [-0.25, -0.2) is 4.39 Å². The van der Waals surface area contributed by atoms with Crippen LogP contribution in [0.25, 0.3) is 0 Å². The van der Waals surface area contributed by atoms with Gasteiger partial charge in [0.25, 0.3) is 0 Å². The van der Waals surface area contributed by atoms with Crippen molar-refractivity contribution in [1.29, 1.82) is 0 Å². The zero-order valence-electron chi connectivity index (χ0n) is 16.5. The van der Waals surface area contributed by atoms with Gasteiger partial charge in [-0.3, -0.25) is 9.59 Å². The van der Waals surface area contributed by atoms with E-state index in [2.05, 4.69) is 21.2 Å². The summed E-state index contributed by atoms with van der Waals surface area (Å²) in [5, 5.41) is 2.35. The molecule has 4 nitrogen and oxygen atoms in total. The fraction of sp³-hybridized carbons (Fsp3) is 0.364. The van der Waals surface area contributed by atoms with Gasteiger partial charge in [0.1, 0.15) is 5.82 Å². The molecule has 0 aromatic heterocycles. The van der Waals surface area contributed by atoms with E-state index >= 15 is 0 Å². The van der Waals surface area contributed by atoms with Gasteiger partial charge in [0.05, 0.1) is 30.2 Å². The molecule has 1 N–H and O–H groups in total. The predicted octanol–water partition coefficient (Wildman–Crippen LogP) is 5.92. The van der Waals surface area contributed by atoms with Crippen molar-refractivity contribution in [2.75, 3.05) is 12.4 Å². The van der Waals surface area contributed by atoms with Crippen molar-refractivity contribution in [1.82, 2.24) is 0 Å². The van der Waals surface area contributed by atoms with Crippen LogP contribution in [0.4, 0.5) is 23.2 Å². The highest BCUT2D eigenvalue weighted by Crippen LogP contribution is 2.43. The standard InChI is InChI=1S/C22H20BrF4NO3/c1-31-21(30)19-15(12-5-8-14(23)9-6-12)3-2-4-16(19)20(29)28-18-10-7-13(11-17(18)24)22(25,26)27/h5-11,15-16,19H,2-4H2,1H3,(H,28,29)/t15-,16-,19-/m1/s1. The number of esters is 1. The molecule has 2 aromatic carbocycles. The fourth-order valence-corrected chi connectivity index (χ4v) is 4.32. The Kier molecular flexibility index (Phi) is 7.03. The summed E-state index contributed by atoms with van der Waals surface area (Å²) in [6.45, 7) is 0. The minimum absolute atomic E-state index is 0.275. The Labute approximate surface area is 185 Å². The molecule has 1 amide bonds. The molecule has 2 aromatic rings. The van der Waals surface area contributed by atoms with Crippen LogP contribution >= 0.6 is 15.9 Å². The van der Waals surface area contributed by atoms with Gasteiger partial charge in [-0.1, -0.05) is 34.5 Å². The largest absolute Gasteiger partial charge is 0.469 e. The van der Waals surface area contributed by atoms with Crippen LogP contribution < -0.4 is 5.32 Å². The normalized spacial score (nSPS) is 21.4. The number of carbonyl (C=O) groups is 2.